The van der Waals surface area contributed by atoms with Crippen molar-refractivity contribution in [1.82, 2.24) is 0 Å². The summed E-state index contributed by atoms with van der Waals surface area (Å²) in [5.74, 6) is -2.36. The molecule has 2 spiro atoms. The molecule has 2 N–H and O–H groups in total. The maximum atomic E-state index is 12.6. The minimum atomic E-state index is -1.78. The van der Waals surface area contributed by atoms with E-state index in [9.17, 15) is 24.6 Å². The first kappa shape index (κ1) is 14.9. The van der Waals surface area contributed by atoms with E-state index in [0.29, 0.717) is 0 Å². The Kier molecular flexibility index (Phi) is 2.39. The molecular weight excluding hydrogens is 308 g/mol. The topological polar surface area (TPSA) is 119 Å². The standard InChI is InChI=1S/C15H18O8/c1-12(2,3)14(20)4-6-13(5-7(16)21-6)10(19)23-11-15(13,14)8(17)9(18)22-11/h6,8,11,17,20H,4-5H2,1-3H3/t6-,8-,11+,13-,14+,15-/m0/s1. The maximum Gasteiger partial charge on any atom is 0.339 e. The molecule has 4 aliphatic rings. The number of carbonyl (C=O) groups excluding carboxylic acids is 3. The van der Waals surface area contributed by atoms with Gasteiger partial charge >= 0.3 is 17.9 Å². The van der Waals surface area contributed by atoms with E-state index in [1.54, 1.807) is 20.8 Å². The van der Waals surface area contributed by atoms with E-state index in [0.717, 1.165) is 0 Å². The van der Waals surface area contributed by atoms with Gasteiger partial charge in [0.05, 0.1) is 12.0 Å². The molecule has 23 heavy (non-hydrogen) atoms. The van der Waals surface area contributed by atoms with Gasteiger partial charge in [-0.3, -0.25) is 9.59 Å². The van der Waals surface area contributed by atoms with Crippen LogP contribution >= 0.6 is 0 Å². The van der Waals surface area contributed by atoms with Gasteiger partial charge in [-0.15, -0.1) is 0 Å². The molecule has 0 aromatic rings. The van der Waals surface area contributed by atoms with E-state index in [1.807, 2.05) is 0 Å². The summed E-state index contributed by atoms with van der Waals surface area (Å²) < 4.78 is 15.5. The molecule has 8 nitrogen and oxygen atoms in total. The second-order valence-corrected chi connectivity index (χ2v) is 7.89. The van der Waals surface area contributed by atoms with E-state index >= 15 is 0 Å². The van der Waals surface area contributed by atoms with Gasteiger partial charge in [0.25, 0.3) is 6.29 Å². The van der Waals surface area contributed by atoms with Crippen LogP contribution in [0.4, 0.5) is 0 Å². The highest BCUT2D eigenvalue weighted by Crippen LogP contribution is 2.75. The molecule has 0 radical (unpaired) electrons. The highest BCUT2D eigenvalue weighted by molar-refractivity contribution is 5.94. The van der Waals surface area contributed by atoms with Gasteiger partial charge in [0, 0.05) is 6.42 Å². The Hall–Kier alpha value is -1.67. The SMILES string of the molecule is CC(C)(C)[C@]1(O)C[C@@H]2OC(=O)C[C@@]23C(=O)O[C@H]2OC(=O)[C@H](O)[C@@]213. The summed E-state index contributed by atoms with van der Waals surface area (Å²) in [6, 6.07) is 0. The van der Waals surface area contributed by atoms with Crippen molar-refractivity contribution >= 4 is 17.9 Å². The zero-order chi connectivity index (χ0) is 17.0. The summed E-state index contributed by atoms with van der Waals surface area (Å²) in [6.45, 7) is 5.19. The Labute approximate surface area is 131 Å². The third-order valence-electron chi connectivity index (χ3n) is 6.22. The Balaban J connectivity index is 2.05. The Morgan fingerprint density at radius 2 is 1.78 bits per heavy atom. The highest BCUT2D eigenvalue weighted by Gasteiger charge is 2.92. The summed E-state index contributed by atoms with van der Waals surface area (Å²) in [4.78, 5) is 36.5. The molecule has 1 saturated carbocycles. The van der Waals surface area contributed by atoms with Gasteiger partial charge in [-0.25, -0.2) is 4.79 Å². The fourth-order valence-corrected chi connectivity index (χ4v) is 5.15. The van der Waals surface area contributed by atoms with Crippen LogP contribution in [-0.2, 0) is 28.6 Å². The lowest BCUT2D eigenvalue weighted by Crippen LogP contribution is -2.65. The van der Waals surface area contributed by atoms with Crippen molar-refractivity contribution in [2.24, 2.45) is 16.2 Å². The van der Waals surface area contributed by atoms with Crippen molar-refractivity contribution in [2.75, 3.05) is 0 Å². The molecule has 8 heteroatoms. The molecule has 1 aliphatic carbocycles. The normalized spacial score (nSPS) is 51.0. The van der Waals surface area contributed by atoms with Crippen molar-refractivity contribution in [2.45, 2.75) is 57.7 Å². The van der Waals surface area contributed by atoms with Crippen molar-refractivity contribution in [3.05, 3.63) is 0 Å². The number of carbonyl (C=O) groups is 3. The van der Waals surface area contributed by atoms with Gasteiger partial charge in [0.2, 0.25) is 0 Å². The minimum Gasteiger partial charge on any atom is -0.461 e. The number of hydrogen-bond donors (Lipinski definition) is 2. The second-order valence-electron chi connectivity index (χ2n) is 7.89. The number of ether oxygens (including phenoxy) is 3. The number of aliphatic hydroxyl groups excluding tert-OH is 1. The van der Waals surface area contributed by atoms with E-state index in [-0.39, 0.29) is 12.8 Å². The smallest absolute Gasteiger partial charge is 0.339 e. The molecule has 0 aromatic carbocycles. The fraction of sp³-hybridized carbons (Fsp3) is 0.800. The zero-order valence-corrected chi connectivity index (χ0v) is 13.0. The Morgan fingerprint density at radius 3 is 2.39 bits per heavy atom. The minimum absolute atomic E-state index is 0.0679. The van der Waals surface area contributed by atoms with Crippen LogP contribution < -0.4 is 0 Å². The second kappa shape index (κ2) is 3.70. The average Bonchev–Trinajstić information content (AvgIpc) is 3.00. The summed E-state index contributed by atoms with van der Waals surface area (Å²) in [5.41, 5.74) is -5.91. The lowest BCUT2D eigenvalue weighted by molar-refractivity contribution is -0.224. The van der Waals surface area contributed by atoms with Crippen LogP contribution in [0, 0.1) is 16.2 Å². The van der Waals surface area contributed by atoms with Gasteiger partial charge in [-0.05, 0) is 5.41 Å². The Bertz CT molecular complexity index is 650. The van der Waals surface area contributed by atoms with E-state index in [1.165, 1.54) is 0 Å². The van der Waals surface area contributed by atoms with Gasteiger partial charge in [0.15, 0.2) is 6.10 Å². The van der Waals surface area contributed by atoms with Crippen LogP contribution in [-0.4, -0.2) is 52.2 Å². The van der Waals surface area contributed by atoms with Crippen molar-refractivity contribution in [3.8, 4) is 0 Å². The van der Waals surface area contributed by atoms with Gasteiger partial charge < -0.3 is 24.4 Å². The van der Waals surface area contributed by atoms with Gasteiger partial charge in [0.1, 0.15) is 16.9 Å². The fourth-order valence-electron chi connectivity index (χ4n) is 5.15. The molecule has 126 valence electrons. The van der Waals surface area contributed by atoms with Crippen LogP contribution in [0.2, 0.25) is 0 Å². The molecule has 3 saturated heterocycles. The third-order valence-corrected chi connectivity index (χ3v) is 6.22. The van der Waals surface area contributed by atoms with E-state index < -0.39 is 58.3 Å². The predicted molar refractivity (Wildman–Crippen MR) is 70.4 cm³/mol. The molecule has 3 aliphatic heterocycles. The Morgan fingerprint density at radius 1 is 1.13 bits per heavy atom. The summed E-state index contributed by atoms with van der Waals surface area (Å²) >= 11 is 0. The van der Waals surface area contributed by atoms with Crippen LogP contribution in [0.1, 0.15) is 33.6 Å². The van der Waals surface area contributed by atoms with Crippen molar-refractivity contribution in [1.29, 1.82) is 0 Å². The van der Waals surface area contributed by atoms with Crippen LogP contribution in [0.15, 0.2) is 0 Å². The van der Waals surface area contributed by atoms with Gasteiger partial charge in [-0.2, -0.15) is 0 Å². The van der Waals surface area contributed by atoms with Crippen LogP contribution in [0.25, 0.3) is 0 Å². The molecule has 3 heterocycles. The zero-order valence-electron chi connectivity index (χ0n) is 13.0. The number of aliphatic hydroxyl groups is 2. The molecular formula is C15H18O8. The third kappa shape index (κ3) is 1.20. The average molecular weight is 326 g/mol. The number of esters is 3. The molecule has 6 atom stereocenters. The first-order valence-corrected chi connectivity index (χ1v) is 7.54. The first-order valence-electron chi connectivity index (χ1n) is 7.54. The molecule has 0 bridgehead atoms. The summed E-state index contributed by atoms with van der Waals surface area (Å²) in [5, 5.41) is 22.2. The predicted octanol–water partition coefficient (Wildman–Crippen LogP) is -0.744. The molecule has 4 fully saturated rings. The lowest BCUT2D eigenvalue weighted by atomic mass is 9.52. The molecule has 0 aromatic heterocycles. The maximum absolute atomic E-state index is 12.6. The quantitative estimate of drug-likeness (QED) is 0.558. The van der Waals surface area contributed by atoms with Crippen molar-refractivity contribution < 1.29 is 38.8 Å². The molecule has 0 unspecified atom stereocenters. The molecule has 4 rings (SSSR count). The molecule has 0 amide bonds. The van der Waals surface area contributed by atoms with E-state index in [2.05, 4.69) is 0 Å². The number of hydrogen-bond acceptors (Lipinski definition) is 8. The van der Waals surface area contributed by atoms with Crippen molar-refractivity contribution in [3.63, 3.8) is 0 Å². The van der Waals surface area contributed by atoms with Crippen LogP contribution in [0.3, 0.4) is 0 Å². The highest BCUT2D eigenvalue weighted by atomic mass is 16.7. The largest absolute Gasteiger partial charge is 0.461 e. The van der Waals surface area contributed by atoms with Crippen LogP contribution in [0.5, 0.6) is 0 Å². The van der Waals surface area contributed by atoms with E-state index in [4.69, 9.17) is 14.2 Å². The summed E-state index contributed by atoms with van der Waals surface area (Å²) in [6.07, 6.45) is -4.58. The number of rotatable bonds is 0. The lowest BCUT2D eigenvalue weighted by Gasteiger charge is -2.49. The monoisotopic (exact) mass is 326 g/mol. The van der Waals surface area contributed by atoms with Gasteiger partial charge in [-0.1, -0.05) is 20.8 Å². The summed E-state index contributed by atoms with van der Waals surface area (Å²) in [7, 11) is 0. The first-order chi connectivity index (χ1) is 10.5.